The first-order valence-electron chi connectivity index (χ1n) is 4.73. The molecule has 0 bridgehead atoms. The summed E-state index contributed by atoms with van der Waals surface area (Å²) in [5, 5.41) is 8.79. The quantitative estimate of drug-likeness (QED) is 0.535. The zero-order chi connectivity index (χ0) is 9.23. The fraction of sp³-hybridized carbons (Fsp3) is 1.00. The lowest BCUT2D eigenvalue weighted by atomic mass is 10.1. The van der Waals surface area contributed by atoms with Gasteiger partial charge < -0.3 is 15.6 Å². The molecule has 12 heavy (non-hydrogen) atoms. The van der Waals surface area contributed by atoms with Crippen LogP contribution in [-0.2, 0) is 4.74 Å². The minimum absolute atomic E-state index is 0.174. The van der Waals surface area contributed by atoms with Crippen LogP contribution in [0.5, 0.6) is 0 Å². The molecule has 1 unspecified atom stereocenters. The molecular weight excluding hydrogens is 154 g/mol. The maximum absolute atomic E-state index is 8.79. The van der Waals surface area contributed by atoms with E-state index < -0.39 is 0 Å². The van der Waals surface area contributed by atoms with Crippen LogP contribution in [0, 0.1) is 5.92 Å². The third-order valence-corrected chi connectivity index (χ3v) is 1.90. The van der Waals surface area contributed by atoms with Crippen LogP contribution in [0.2, 0.25) is 0 Å². The van der Waals surface area contributed by atoms with E-state index in [-0.39, 0.29) is 12.5 Å². The van der Waals surface area contributed by atoms with Gasteiger partial charge in [-0.2, -0.15) is 0 Å². The van der Waals surface area contributed by atoms with Crippen molar-refractivity contribution < 1.29 is 9.84 Å². The molecule has 0 heterocycles. The second kappa shape index (κ2) is 8.97. The van der Waals surface area contributed by atoms with Gasteiger partial charge in [0.15, 0.2) is 0 Å². The van der Waals surface area contributed by atoms with E-state index in [1.807, 2.05) is 0 Å². The van der Waals surface area contributed by atoms with E-state index in [9.17, 15) is 0 Å². The van der Waals surface area contributed by atoms with Crippen molar-refractivity contribution >= 4 is 0 Å². The maximum Gasteiger partial charge on any atom is 0.0472 e. The molecule has 3 nitrogen and oxygen atoms in total. The van der Waals surface area contributed by atoms with Crippen LogP contribution in [0.15, 0.2) is 0 Å². The number of hydrogen-bond donors (Lipinski definition) is 2. The minimum Gasteiger partial charge on any atom is -0.396 e. The Morgan fingerprint density at radius 2 is 2.17 bits per heavy atom. The molecule has 0 spiro atoms. The van der Waals surface area contributed by atoms with E-state index in [2.05, 4.69) is 6.92 Å². The lowest BCUT2D eigenvalue weighted by Gasteiger charge is -2.10. The summed E-state index contributed by atoms with van der Waals surface area (Å²) in [5.41, 5.74) is 5.41. The highest BCUT2D eigenvalue weighted by molar-refractivity contribution is 4.56. The van der Waals surface area contributed by atoms with E-state index in [1.54, 1.807) is 0 Å². The molecular formula is C9H21NO2. The summed E-state index contributed by atoms with van der Waals surface area (Å²) in [4.78, 5) is 0. The minimum atomic E-state index is 0.174. The number of aliphatic hydroxyl groups excluding tert-OH is 1. The third-order valence-electron chi connectivity index (χ3n) is 1.90. The Morgan fingerprint density at radius 1 is 1.42 bits per heavy atom. The summed E-state index contributed by atoms with van der Waals surface area (Å²) in [5.74, 6) is 0.214. The highest BCUT2D eigenvalue weighted by Crippen LogP contribution is 2.00. The van der Waals surface area contributed by atoms with Gasteiger partial charge in [-0.25, -0.2) is 0 Å². The van der Waals surface area contributed by atoms with Crippen LogP contribution in [0.1, 0.15) is 26.2 Å². The highest BCUT2D eigenvalue weighted by Gasteiger charge is 2.03. The topological polar surface area (TPSA) is 55.5 Å². The van der Waals surface area contributed by atoms with Gasteiger partial charge in [0.1, 0.15) is 0 Å². The van der Waals surface area contributed by atoms with Gasteiger partial charge in [0.2, 0.25) is 0 Å². The van der Waals surface area contributed by atoms with E-state index in [0.717, 1.165) is 26.1 Å². The normalized spacial score (nSPS) is 13.2. The largest absolute Gasteiger partial charge is 0.396 e. The summed E-state index contributed by atoms with van der Waals surface area (Å²) in [6.07, 6.45) is 3.16. The van der Waals surface area contributed by atoms with Crippen LogP contribution >= 0.6 is 0 Å². The average Bonchev–Trinajstić information content (AvgIpc) is 2.11. The standard InChI is InChI=1S/C9H21NO2/c1-2-3-5-12-6-4-9(7-10)8-11/h9,11H,2-8,10H2,1H3. The first-order chi connectivity index (χ1) is 5.85. The van der Waals surface area contributed by atoms with Crippen molar-refractivity contribution in [2.45, 2.75) is 26.2 Å². The van der Waals surface area contributed by atoms with Gasteiger partial charge in [-0.3, -0.25) is 0 Å². The zero-order valence-corrected chi connectivity index (χ0v) is 7.96. The lowest BCUT2D eigenvalue weighted by molar-refractivity contribution is 0.106. The molecule has 3 heteroatoms. The number of rotatable bonds is 8. The Balaban J connectivity index is 3.06. The molecule has 0 saturated carbocycles. The Bertz CT molecular complexity index is 84.6. The van der Waals surface area contributed by atoms with Crippen molar-refractivity contribution in [1.82, 2.24) is 0 Å². The summed E-state index contributed by atoms with van der Waals surface area (Å²) in [7, 11) is 0. The maximum atomic E-state index is 8.79. The monoisotopic (exact) mass is 175 g/mol. The molecule has 0 aliphatic heterocycles. The van der Waals surface area contributed by atoms with Crippen molar-refractivity contribution in [3.8, 4) is 0 Å². The first-order valence-corrected chi connectivity index (χ1v) is 4.73. The van der Waals surface area contributed by atoms with Crippen molar-refractivity contribution in [3.63, 3.8) is 0 Å². The number of nitrogens with two attached hydrogens (primary N) is 1. The molecule has 0 aromatic rings. The second-order valence-corrected chi connectivity index (χ2v) is 3.04. The average molecular weight is 175 g/mol. The molecule has 0 saturated heterocycles. The van der Waals surface area contributed by atoms with E-state index in [0.29, 0.717) is 6.54 Å². The number of hydrogen-bond acceptors (Lipinski definition) is 3. The zero-order valence-electron chi connectivity index (χ0n) is 7.96. The Morgan fingerprint density at radius 3 is 2.67 bits per heavy atom. The molecule has 0 amide bonds. The van der Waals surface area contributed by atoms with Crippen molar-refractivity contribution in [2.75, 3.05) is 26.4 Å². The van der Waals surface area contributed by atoms with Crippen LogP contribution in [0.3, 0.4) is 0 Å². The Hall–Kier alpha value is -0.120. The molecule has 74 valence electrons. The first kappa shape index (κ1) is 11.9. The SMILES string of the molecule is CCCCOCCC(CN)CO. The summed E-state index contributed by atoms with van der Waals surface area (Å²) in [6.45, 7) is 4.42. The van der Waals surface area contributed by atoms with E-state index >= 15 is 0 Å². The molecule has 0 aliphatic carbocycles. The van der Waals surface area contributed by atoms with Gasteiger partial charge in [-0.1, -0.05) is 13.3 Å². The molecule has 0 radical (unpaired) electrons. The van der Waals surface area contributed by atoms with Crippen molar-refractivity contribution in [3.05, 3.63) is 0 Å². The van der Waals surface area contributed by atoms with Gasteiger partial charge in [-0.05, 0) is 25.3 Å². The fourth-order valence-corrected chi connectivity index (χ4v) is 0.882. The molecule has 0 aliphatic rings. The predicted molar refractivity (Wildman–Crippen MR) is 50.0 cm³/mol. The van der Waals surface area contributed by atoms with Gasteiger partial charge >= 0.3 is 0 Å². The van der Waals surface area contributed by atoms with Gasteiger partial charge in [0.25, 0.3) is 0 Å². The third kappa shape index (κ3) is 6.58. The molecule has 3 N–H and O–H groups in total. The van der Waals surface area contributed by atoms with Crippen LogP contribution < -0.4 is 5.73 Å². The highest BCUT2D eigenvalue weighted by atomic mass is 16.5. The number of aliphatic hydroxyl groups is 1. The Labute approximate surface area is 74.9 Å². The van der Waals surface area contributed by atoms with Crippen LogP contribution in [0.25, 0.3) is 0 Å². The lowest BCUT2D eigenvalue weighted by Crippen LogP contribution is -2.19. The van der Waals surface area contributed by atoms with Crippen LogP contribution in [0.4, 0.5) is 0 Å². The van der Waals surface area contributed by atoms with Crippen LogP contribution in [-0.4, -0.2) is 31.5 Å². The number of unbranched alkanes of at least 4 members (excludes halogenated alkanes) is 1. The molecule has 0 rings (SSSR count). The van der Waals surface area contributed by atoms with Gasteiger partial charge in [-0.15, -0.1) is 0 Å². The number of ether oxygens (including phenoxy) is 1. The molecule has 0 fully saturated rings. The van der Waals surface area contributed by atoms with Crippen molar-refractivity contribution in [1.29, 1.82) is 0 Å². The summed E-state index contributed by atoms with van der Waals surface area (Å²) >= 11 is 0. The predicted octanol–water partition coefficient (Wildman–Crippen LogP) is 0.760. The fourth-order valence-electron chi connectivity index (χ4n) is 0.882. The molecule has 0 aromatic heterocycles. The molecule has 0 aromatic carbocycles. The Kier molecular flexibility index (Phi) is 8.88. The summed E-state index contributed by atoms with van der Waals surface area (Å²) < 4.78 is 5.34. The van der Waals surface area contributed by atoms with Gasteiger partial charge in [0.05, 0.1) is 0 Å². The molecule has 1 atom stereocenters. The van der Waals surface area contributed by atoms with E-state index in [4.69, 9.17) is 15.6 Å². The van der Waals surface area contributed by atoms with Gasteiger partial charge in [0, 0.05) is 19.8 Å². The summed E-state index contributed by atoms with van der Waals surface area (Å²) in [6, 6.07) is 0. The second-order valence-electron chi connectivity index (χ2n) is 3.04. The van der Waals surface area contributed by atoms with E-state index in [1.165, 1.54) is 6.42 Å². The smallest absolute Gasteiger partial charge is 0.0472 e. The van der Waals surface area contributed by atoms with Crippen molar-refractivity contribution in [2.24, 2.45) is 11.7 Å².